The lowest BCUT2D eigenvalue weighted by Crippen LogP contribution is -2.57. The fourth-order valence-electron chi connectivity index (χ4n) is 4.52. The highest BCUT2D eigenvalue weighted by atomic mass is 19.4. The first-order chi connectivity index (χ1) is 17.4. The Labute approximate surface area is 210 Å². The number of aryl methyl sites for hydroxylation is 1. The average molecular weight is 524 g/mol. The summed E-state index contributed by atoms with van der Waals surface area (Å²) in [7, 11) is 3.16. The van der Waals surface area contributed by atoms with E-state index in [0.717, 1.165) is 17.0 Å². The van der Waals surface area contributed by atoms with Gasteiger partial charge in [0.25, 0.3) is 11.8 Å². The highest BCUT2D eigenvalue weighted by molar-refractivity contribution is 5.99. The second kappa shape index (κ2) is 9.98. The van der Waals surface area contributed by atoms with Crippen LogP contribution in [0.4, 0.5) is 27.8 Å². The molecule has 198 valence electrons. The molecule has 0 bridgehead atoms. The van der Waals surface area contributed by atoms with Crippen LogP contribution in [0, 0.1) is 5.92 Å². The smallest absolute Gasteiger partial charge is 0.417 e. The number of alkyl halides is 5. The normalized spacial score (nSPS) is 19.5. The number of likely N-dealkylation sites (tertiary alicyclic amines) is 1. The molecule has 1 N–H and O–H groups in total. The van der Waals surface area contributed by atoms with E-state index in [1.54, 1.807) is 44.4 Å². The van der Waals surface area contributed by atoms with Crippen molar-refractivity contribution in [2.75, 3.05) is 25.5 Å². The molecule has 0 radical (unpaired) electrons. The summed E-state index contributed by atoms with van der Waals surface area (Å²) in [6, 6.07) is 8.30. The summed E-state index contributed by atoms with van der Waals surface area (Å²) in [5.74, 6) is -3.62. The molecule has 2 atom stereocenters. The molecule has 0 spiro atoms. The van der Waals surface area contributed by atoms with Crippen LogP contribution in [0.1, 0.15) is 29.4 Å². The number of carbonyl (C=O) groups is 1. The largest absolute Gasteiger partial charge is 0.497 e. The fourth-order valence-corrected chi connectivity index (χ4v) is 4.52. The summed E-state index contributed by atoms with van der Waals surface area (Å²) in [5, 5.41) is 7.17. The van der Waals surface area contributed by atoms with Gasteiger partial charge in [0.2, 0.25) is 0 Å². The number of anilines is 1. The summed E-state index contributed by atoms with van der Waals surface area (Å²) >= 11 is 0. The van der Waals surface area contributed by atoms with Crippen LogP contribution < -0.4 is 10.1 Å². The number of carbonyl (C=O) groups excluding carboxylic acids is 1. The highest BCUT2D eigenvalue weighted by Crippen LogP contribution is 2.36. The minimum absolute atomic E-state index is 0.0199. The summed E-state index contributed by atoms with van der Waals surface area (Å²) in [4.78, 5) is 18.5. The lowest BCUT2D eigenvalue weighted by atomic mass is 9.88. The van der Waals surface area contributed by atoms with Crippen molar-refractivity contribution in [3.05, 3.63) is 60.0 Å². The third-order valence-electron chi connectivity index (χ3n) is 6.36. The molecular formula is C25H26F5N5O2. The number of pyridine rings is 1. The van der Waals surface area contributed by atoms with E-state index in [1.165, 1.54) is 11.8 Å². The Kier molecular flexibility index (Phi) is 7.11. The van der Waals surface area contributed by atoms with Gasteiger partial charge in [0.1, 0.15) is 11.6 Å². The third kappa shape index (κ3) is 5.83. The minimum Gasteiger partial charge on any atom is -0.497 e. The van der Waals surface area contributed by atoms with E-state index < -0.39 is 48.5 Å². The van der Waals surface area contributed by atoms with Crippen LogP contribution in [0.3, 0.4) is 0 Å². The average Bonchev–Trinajstić information content (AvgIpc) is 3.23. The maximum atomic E-state index is 14.6. The first-order valence-electron chi connectivity index (χ1n) is 11.5. The molecule has 1 aliphatic rings. The van der Waals surface area contributed by atoms with Crippen LogP contribution in [-0.4, -0.2) is 57.7 Å². The van der Waals surface area contributed by atoms with Crippen molar-refractivity contribution in [1.82, 2.24) is 19.7 Å². The number of rotatable bonds is 6. The van der Waals surface area contributed by atoms with Crippen LogP contribution in [0.25, 0.3) is 11.1 Å². The molecule has 0 saturated carbocycles. The Morgan fingerprint density at radius 2 is 1.89 bits per heavy atom. The van der Waals surface area contributed by atoms with E-state index in [-0.39, 0.29) is 18.1 Å². The predicted octanol–water partition coefficient (Wildman–Crippen LogP) is 5.11. The van der Waals surface area contributed by atoms with Gasteiger partial charge in [0.05, 0.1) is 25.3 Å². The van der Waals surface area contributed by atoms with Gasteiger partial charge in [0, 0.05) is 38.0 Å². The fraction of sp³-hybridized carbons (Fsp3) is 0.400. The van der Waals surface area contributed by atoms with Gasteiger partial charge in [-0.25, -0.2) is 13.8 Å². The number of benzene rings is 1. The van der Waals surface area contributed by atoms with Crippen molar-refractivity contribution in [3.63, 3.8) is 0 Å². The van der Waals surface area contributed by atoms with E-state index in [2.05, 4.69) is 15.4 Å². The number of hydrogen-bond acceptors (Lipinski definition) is 5. The Morgan fingerprint density at radius 3 is 2.49 bits per heavy atom. The highest BCUT2D eigenvalue weighted by Gasteiger charge is 2.46. The molecule has 1 saturated heterocycles. The second-order valence-electron chi connectivity index (χ2n) is 9.14. The zero-order valence-electron chi connectivity index (χ0n) is 20.4. The van der Waals surface area contributed by atoms with Crippen molar-refractivity contribution < 1.29 is 31.5 Å². The maximum Gasteiger partial charge on any atom is 0.417 e. The summed E-state index contributed by atoms with van der Waals surface area (Å²) in [6.45, 7) is 0.830. The molecular weight excluding hydrogens is 497 g/mol. The van der Waals surface area contributed by atoms with Crippen molar-refractivity contribution >= 4 is 11.7 Å². The molecule has 0 unspecified atom stereocenters. The molecule has 2 aromatic heterocycles. The van der Waals surface area contributed by atoms with E-state index in [0.29, 0.717) is 23.1 Å². The number of aromatic nitrogens is 3. The Hall–Kier alpha value is -3.70. The first kappa shape index (κ1) is 26.4. The van der Waals surface area contributed by atoms with Gasteiger partial charge in [-0.2, -0.15) is 18.3 Å². The number of nitrogens with zero attached hydrogens (tertiary/aromatic N) is 4. The number of piperidine rings is 1. The maximum absolute atomic E-state index is 14.6. The Bertz CT molecular complexity index is 1240. The second-order valence-corrected chi connectivity index (χ2v) is 9.14. The van der Waals surface area contributed by atoms with Crippen LogP contribution in [-0.2, 0) is 13.2 Å². The molecule has 7 nitrogen and oxygen atoms in total. The van der Waals surface area contributed by atoms with Gasteiger partial charge in [-0.1, -0.05) is 19.1 Å². The number of nitrogens with one attached hydrogen (secondary N) is 1. The van der Waals surface area contributed by atoms with Gasteiger partial charge in [-0.3, -0.25) is 9.48 Å². The van der Waals surface area contributed by atoms with Crippen LogP contribution in [0.5, 0.6) is 5.75 Å². The van der Waals surface area contributed by atoms with E-state index in [1.807, 2.05) is 0 Å². The zero-order chi connectivity index (χ0) is 27.0. The number of ether oxygens (including phenoxy) is 1. The molecule has 1 aromatic carbocycles. The molecule has 37 heavy (non-hydrogen) atoms. The number of hydrogen-bond donors (Lipinski definition) is 1. The van der Waals surface area contributed by atoms with Gasteiger partial charge in [0.15, 0.2) is 5.69 Å². The van der Waals surface area contributed by atoms with Crippen LogP contribution >= 0.6 is 0 Å². The van der Waals surface area contributed by atoms with Crippen LogP contribution in [0.2, 0.25) is 0 Å². The SMILES string of the molecule is COc1ccc(-c2cn(C)nc2C(=O)N2CC(F)(F)C[C@@H](C)[C@H]2CNc2ccc(C(F)(F)F)cn2)cc1. The lowest BCUT2D eigenvalue weighted by Gasteiger charge is -2.43. The monoisotopic (exact) mass is 523 g/mol. The summed E-state index contributed by atoms with van der Waals surface area (Å²) in [5.41, 5.74) is 0.266. The minimum atomic E-state index is -4.53. The number of halogens is 5. The number of methoxy groups -OCH3 is 1. The molecule has 1 fully saturated rings. The molecule has 3 heterocycles. The molecule has 12 heteroatoms. The Morgan fingerprint density at radius 1 is 1.19 bits per heavy atom. The predicted molar refractivity (Wildman–Crippen MR) is 126 cm³/mol. The van der Waals surface area contributed by atoms with Crippen molar-refractivity contribution in [2.45, 2.75) is 31.5 Å². The molecule has 0 aliphatic carbocycles. The summed E-state index contributed by atoms with van der Waals surface area (Å²) in [6.07, 6.45) is -2.63. The molecule has 4 rings (SSSR count). The van der Waals surface area contributed by atoms with E-state index in [4.69, 9.17) is 4.74 Å². The van der Waals surface area contributed by atoms with Crippen LogP contribution in [0.15, 0.2) is 48.8 Å². The molecule has 3 aromatic rings. The van der Waals surface area contributed by atoms with Crippen molar-refractivity contribution in [2.24, 2.45) is 13.0 Å². The van der Waals surface area contributed by atoms with Gasteiger partial charge < -0.3 is 15.0 Å². The van der Waals surface area contributed by atoms with Crippen molar-refractivity contribution in [1.29, 1.82) is 0 Å². The number of amides is 1. The zero-order valence-corrected chi connectivity index (χ0v) is 20.4. The Balaban J connectivity index is 1.60. The topological polar surface area (TPSA) is 72.3 Å². The van der Waals surface area contributed by atoms with E-state index >= 15 is 0 Å². The first-order valence-corrected chi connectivity index (χ1v) is 11.5. The van der Waals surface area contributed by atoms with Gasteiger partial charge in [-0.05, 0) is 35.7 Å². The quantitative estimate of drug-likeness (QED) is 0.455. The van der Waals surface area contributed by atoms with Gasteiger partial charge in [-0.15, -0.1) is 0 Å². The summed E-state index contributed by atoms with van der Waals surface area (Å²) < 4.78 is 74.3. The van der Waals surface area contributed by atoms with Gasteiger partial charge >= 0.3 is 6.18 Å². The molecule has 1 aliphatic heterocycles. The van der Waals surface area contributed by atoms with E-state index in [9.17, 15) is 26.7 Å². The van der Waals surface area contributed by atoms with Crippen molar-refractivity contribution in [3.8, 4) is 16.9 Å². The third-order valence-corrected chi connectivity index (χ3v) is 6.36. The standard InChI is InChI=1S/C25H26F5N5O2/c1-15-10-24(26,27)14-35(20(15)12-32-21-9-6-17(11-31-21)25(28,29)30)23(36)22-19(13-34(2)33-22)16-4-7-18(37-3)8-5-16/h4-9,11,13,15,20H,10,12,14H2,1-3H3,(H,31,32)/t15-,20-/m1/s1. The lowest BCUT2D eigenvalue weighted by molar-refractivity contribution is -0.137. The molecule has 1 amide bonds.